The predicted octanol–water partition coefficient (Wildman–Crippen LogP) is 1.03. The van der Waals surface area contributed by atoms with Crippen LogP contribution in [0, 0.1) is 5.21 Å². The lowest BCUT2D eigenvalue weighted by Crippen LogP contribution is -3.05. The standard InChI is InChI=1S/C14H13N3O2/c1-11(12-7-9-15-10-8-12)16-17(19)14(18)13-5-3-2-4-6-13/h2-10,17H,1H3. The molecule has 0 saturated heterocycles. The van der Waals surface area contributed by atoms with E-state index in [-0.39, 0.29) is 0 Å². The second-order valence-corrected chi connectivity index (χ2v) is 3.93. The predicted molar refractivity (Wildman–Crippen MR) is 71.6 cm³/mol. The Balaban J connectivity index is 2.17. The lowest BCUT2D eigenvalue weighted by Gasteiger charge is -2.13. The van der Waals surface area contributed by atoms with Gasteiger partial charge in [0.2, 0.25) is 0 Å². The second-order valence-electron chi connectivity index (χ2n) is 3.93. The quantitative estimate of drug-likeness (QED) is 0.657. The van der Waals surface area contributed by atoms with Gasteiger partial charge in [0.15, 0.2) is 0 Å². The smallest absolute Gasteiger partial charge is 0.370 e. The van der Waals surface area contributed by atoms with Gasteiger partial charge in [-0.25, -0.2) is 4.79 Å². The summed E-state index contributed by atoms with van der Waals surface area (Å²) in [5.74, 6) is -0.603. The number of hydrogen-bond donors (Lipinski definition) is 1. The first-order valence-corrected chi connectivity index (χ1v) is 5.78. The maximum atomic E-state index is 11.8. The van der Waals surface area contributed by atoms with Crippen molar-refractivity contribution in [2.24, 2.45) is 5.10 Å². The highest BCUT2D eigenvalue weighted by Gasteiger charge is 2.14. The van der Waals surface area contributed by atoms with Crippen molar-refractivity contribution in [3.8, 4) is 0 Å². The molecule has 0 saturated carbocycles. The van der Waals surface area contributed by atoms with Gasteiger partial charge < -0.3 is 5.21 Å². The van der Waals surface area contributed by atoms with Crippen molar-refractivity contribution in [2.45, 2.75) is 6.92 Å². The second kappa shape index (κ2) is 5.99. The third kappa shape index (κ3) is 3.31. The van der Waals surface area contributed by atoms with E-state index in [1.807, 2.05) is 0 Å². The van der Waals surface area contributed by atoms with E-state index in [9.17, 15) is 10.0 Å². The zero-order valence-electron chi connectivity index (χ0n) is 10.4. The van der Waals surface area contributed by atoms with Crippen molar-refractivity contribution in [3.05, 3.63) is 71.2 Å². The summed E-state index contributed by atoms with van der Waals surface area (Å²) in [5.41, 5.74) is 1.61. The molecular weight excluding hydrogens is 242 g/mol. The minimum Gasteiger partial charge on any atom is -0.598 e. The van der Waals surface area contributed by atoms with Crippen LogP contribution >= 0.6 is 0 Å². The molecule has 0 radical (unpaired) electrons. The molecule has 0 aliphatic carbocycles. The first-order chi connectivity index (χ1) is 9.18. The number of nitrogens with one attached hydrogen (secondary N) is 1. The van der Waals surface area contributed by atoms with Crippen LogP contribution in [0.3, 0.4) is 0 Å². The third-order valence-corrected chi connectivity index (χ3v) is 2.60. The highest BCUT2D eigenvalue weighted by atomic mass is 16.5. The highest BCUT2D eigenvalue weighted by molar-refractivity contribution is 5.98. The number of rotatable bonds is 3. The van der Waals surface area contributed by atoms with E-state index >= 15 is 0 Å². The Morgan fingerprint density at radius 2 is 1.74 bits per heavy atom. The first-order valence-electron chi connectivity index (χ1n) is 5.78. The number of hydrogen-bond acceptors (Lipinski definition) is 4. The molecule has 1 unspecified atom stereocenters. The van der Waals surface area contributed by atoms with Gasteiger partial charge in [-0.2, -0.15) is 5.17 Å². The molecule has 0 fully saturated rings. The van der Waals surface area contributed by atoms with Gasteiger partial charge in [-0.05, 0) is 31.2 Å². The summed E-state index contributed by atoms with van der Waals surface area (Å²) >= 11 is 0. The average Bonchev–Trinajstić information content (AvgIpc) is 2.48. The molecule has 1 amide bonds. The number of aromatic nitrogens is 1. The lowest BCUT2D eigenvalue weighted by atomic mass is 10.2. The number of quaternary nitrogens is 1. The highest BCUT2D eigenvalue weighted by Crippen LogP contribution is 1.98. The summed E-state index contributed by atoms with van der Waals surface area (Å²) in [6, 6.07) is 11.9. The summed E-state index contributed by atoms with van der Waals surface area (Å²) in [7, 11) is 0. The van der Waals surface area contributed by atoms with E-state index in [1.165, 1.54) is 0 Å². The summed E-state index contributed by atoms with van der Waals surface area (Å²) in [6.45, 7) is 1.69. The molecule has 1 N–H and O–H groups in total. The third-order valence-electron chi connectivity index (χ3n) is 2.60. The van der Waals surface area contributed by atoms with Crippen molar-refractivity contribution in [1.29, 1.82) is 0 Å². The topological polar surface area (TPSA) is 69.8 Å². The number of hydroxylamine groups is 1. The number of carbonyl (C=O) groups is 1. The molecule has 0 aliphatic rings. The lowest BCUT2D eigenvalue weighted by molar-refractivity contribution is -0.764. The van der Waals surface area contributed by atoms with Crippen molar-refractivity contribution in [1.82, 2.24) is 4.98 Å². The summed E-state index contributed by atoms with van der Waals surface area (Å²) in [5, 5.41) is 14.8. The molecule has 1 atom stereocenters. The molecule has 0 aliphatic heterocycles. The van der Waals surface area contributed by atoms with Gasteiger partial charge in [0.25, 0.3) is 0 Å². The van der Waals surface area contributed by atoms with Crippen molar-refractivity contribution in [3.63, 3.8) is 0 Å². The fraction of sp³-hybridized carbons (Fsp3) is 0.0714. The Bertz CT molecular complexity index is 582. The van der Waals surface area contributed by atoms with Gasteiger partial charge in [0.05, 0.1) is 5.56 Å². The van der Waals surface area contributed by atoms with Gasteiger partial charge in [0.1, 0.15) is 5.71 Å². The van der Waals surface area contributed by atoms with Crippen molar-refractivity contribution < 1.29 is 9.97 Å². The number of nitrogens with zero attached hydrogens (tertiary/aromatic N) is 2. The fourth-order valence-corrected chi connectivity index (χ4v) is 1.57. The summed E-state index contributed by atoms with van der Waals surface area (Å²) in [6.07, 6.45) is 3.22. The molecular formula is C14H13N3O2. The SMILES string of the molecule is CC(=N[NH+]([O-])C(=O)c1ccccc1)c1ccncc1. The fourth-order valence-electron chi connectivity index (χ4n) is 1.57. The molecule has 5 nitrogen and oxygen atoms in total. The van der Waals surface area contributed by atoms with Crippen LogP contribution in [0.25, 0.3) is 0 Å². The maximum Gasteiger partial charge on any atom is 0.370 e. The molecule has 96 valence electrons. The molecule has 1 heterocycles. The zero-order chi connectivity index (χ0) is 13.7. The van der Waals surface area contributed by atoms with Gasteiger partial charge in [-0.15, -0.1) is 0 Å². The number of benzene rings is 1. The van der Waals surface area contributed by atoms with E-state index < -0.39 is 11.1 Å². The monoisotopic (exact) mass is 255 g/mol. The molecule has 0 bridgehead atoms. The Labute approximate surface area is 110 Å². The molecule has 5 heteroatoms. The van der Waals surface area contributed by atoms with Crippen molar-refractivity contribution in [2.75, 3.05) is 0 Å². The minimum absolute atomic E-state index is 0.346. The molecule has 19 heavy (non-hydrogen) atoms. The number of carbonyl (C=O) groups excluding carboxylic acids is 1. The van der Waals surface area contributed by atoms with E-state index in [4.69, 9.17) is 0 Å². The van der Waals surface area contributed by atoms with E-state index in [0.29, 0.717) is 11.3 Å². The normalized spacial score (nSPS) is 13.1. The molecule has 0 spiro atoms. The van der Waals surface area contributed by atoms with Gasteiger partial charge in [-0.1, -0.05) is 23.3 Å². The zero-order valence-corrected chi connectivity index (χ0v) is 10.4. The van der Waals surface area contributed by atoms with E-state index in [2.05, 4.69) is 10.1 Å². The average molecular weight is 255 g/mol. The van der Waals surface area contributed by atoms with Crippen LogP contribution in [0.4, 0.5) is 0 Å². The van der Waals surface area contributed by atoms with Gasteiger partial charge >= 0.3 is 5.91 Å². The summed E-state index contributed by atoms with van der Waals surface area (Å²) < 4.78 is 0. The molecule has 1 aromatic heterocycles. The maximum absolute atomic E-state index is 11.8. The minimum atomic E-state index is -0.763. The van der Waals surface area contributed by atoms with Crippen LogP contribution in [0.5, 0.6) is 0 Å². The Hall–Kier alpha value is -2.37. The number of pyridine rings is 1. The van der Waals surface area contributed by atoms with Crippen LogP contribution in [0.1, 0.15) is 22.8 Å². The Kier molecular flexibility index (Phi) is 4.12. The largest absolute Gasteiger partial charge is 0.598 e. The Morgan fingerprint density at radius 3 is 2.37 bits per heavy atom. The summed E-state index contributed by atoms with van der Waals surface area (Å²) in [4.78, 5) is 15.7. The van der Waals surface area contributed by atoms with Gasteiger partial charge in [-0.3, -0.25) is 4.98 Å². The van der Waals surface area contributed by atoms with Crippen LogP contribution < -0.4 is 5.17 Å². The Morgan fingerprint density at radius 1 is 1.11 bits per heavy atom. The van der Waals surface area contributed by atoms with Crippen LogP contribution in [-0.4, -0.2) is 16.6 Å². The van der Waals surface area contributed by atoms with E-state index in [1.54, 1.807) is 61.8 Å². The molecule has 1 aromatic carbocycles. The first kappa shape index (κ1) is 13.1. The van der Waals surface area contributed by atoms with Crippen molar-refractivity contribution >= 4 is 11.6 Å². The van der Waals surface area contributed by atoms with Gasteiger partial charge in [0, 0.05) is 18.0 Å². The molecule has 2 aromatic rings. The van der Waals surface area contributed by atoms with Crippen LogP contribution in [-0.2, 0) is 0 Å². The van der Waals surface area contributed by atoms with Crippen LogP contribution in [0.2, 0.25) is 0 Å². The number of amides is 1. The van der Waals surface area contributed by atoms with E-state index in [0.717, 1.165) is 5.56 Å². The van der Waals surface area contributed by atoms with Crippen LogP contribution in [0.15, 0.2) is 60.0 Å². The molecule has 2 rings (SSSR count).